The number of amides is 2. The number of nitrogens with zero attached hydrogens (tertiary/aromatic N) is 3. The van der Waals surface area contributed by atoms with Gasteiger partial charge in [0, 0.05) is 19.0 Å². The van der Waals surface area contributed by atoms with Crippen molar-refractivity contribution in [1.82, 2.24) is 20.5 Å². The standard InChI is InChI=1S/C25H27N5O3Si/c1-30-20-14-18(12-13-34(2,3)4)10-11-21(20)33-16-19(25(30)32)26-24(31)23-27-22(28-29-23)15-17-8-6-5-7-9-17/h5-11,14,19H,15-16H2,1-4H3,(H,26,31)(H,27,28,29)/q-1. The first-order valence-electron chi connectivity index (χ1n) is 11.0. The fourth-order valence-electron chi connectivity index (χ4n) is 3.43. The minimum atomic E-state index is -1.53. The van der Waals surface area contributed by atoms with Crippen molar-refractivity contribution >= 4 is 25.6 Å². The van der Waals surface area contributed by atoms with Crippen LogP contribution >= 0.6 is 0 Å². The van der Waals surface area contributed by atoms with Gasteiger partial charge < -0.3 is 15.0 Å². The van der Waals surface area contributed by atoms with E-state index in [2.05, 4.69) is 51.6 Å². The number of H-pyrrole nitrogens is 1. The molecule has 1 unspecified atom stereocenters. The molecule has 34 heavy (non-hydrogen) atoms. The lowest BCUT2D eigenvalue weighted by Crippen LogP contribution is -2.49. The minimum Gasteiger partial charge on any atom is -0.489 e. The van der Waals surface area contributed by atoms with Crippen molar-refractivity contribution in [2.75, 3.05) is 18.6 Å². The van der Waals surface area contributed by atoms with Crippen molar-refractivity contribution in [2.45, 2.75) is 32.1 Å². The van der Waals surface area contributed by atoms with Gasteiger partial charge in [-0.05, 0) is 23.8 Å². The number of aromatic nitrogens is 3. The highest BCUT2D eigenvalue weighted by atomic mass is 28.3. The van der Waals surface area contributed by atoms with Gasteiger partial charge in [-0.2, -0.15) is 19.6 Å². The molecule has 0 spiro atoms. The molecule has 175 valence electrons. The topological polar surface area (TPSA) is 100 Å². The molecule has 1 aliphatic rings. The zero-order chi connectivity index (χ0) is 24.3. The van der Waals surface area contributed by atoms with Gasteiger partial charge in [0.2, 0.25) is 5.82 Å². The summed E-state index contributed by atoms with van der Waals surface area (Å²) in [4.78, 5) is 31.6. The van der Waals surface area contributed by atoms with Gasteiger partial charge in [-0.15, -0.1) is 11.0 Å². The lowest BCUT2D eigenvalue weighted by molar-refractivity contribution is -0.120. The van der Waals surface area contributed by atoms with Gasteiger partial charge in [0.25, 0.3) is 11.8 Å². The molecule has 9 heteroatoms. The summed E-state index contributed by atoms with van der Waals surface area (Å²) in [5.74, 6) is 3.48. The molecule has 3 aromatic rings. The molecule has 2 amide bonds. The molecule has 8 nitrogen and oxygen atoms in total. The van der Waals surface area contributed by atoms with E-state index < -0.39 is 20.0 Å². The van der Waals surface area contributed by atoms with Crippen molar-refractivity contribution in [1.29, 1.82) is 0 Å². The average Bonchev–Trinajstić information content (AvgIpc) is 3.24. The molecule has 2 aromatic carbocycles. The summed E-state index contributed by atoms with van der Waals surface area (Å²) in [6.45, 7) is 6.53. The van der Waals surface area contributed by atoms with E-state index in [1.54, 1.807) is 7.05 Å². The number of ether oxygens (including phenoxy) is 1. The van der Waals surface area contributed by atoms with Crippen LogP contribution in [-0.2, 0) is 11.2 Å². The maximum atomic E-state index is 13.1. The third-order valence-corrected chi connectivity index (χ3v) is 6.07. The van der Waals surface area contributed by atoms with E-state index >= 15 is 0 Å². The van der Waals surface area contributed by atoms with Crippen LogP contribution in [0.2, 0.25) is 19.6 Å². The predicted molar refractivity (Wildman–Crippen MR) is 132 cm³/mol. The second kappa shape index (κ2) is 9.53. The predicted octanol–water partition coefficient (Wildman–Crippen LogP) is 2.78. The smallest absolute Gasteiger partial charge is 0.291 e. The van der Waals surface area contributed by atoms with E-state index in [4.69, 9.17) is 4.74 Å². The largest absolute Gasteiger partial charge is 0.489 e. The van der Waals surface area contributed by atoms with E-state index in [-0.39, 0.29) is 18.3 Å². The molecular formula is C25H27N5O3Si-. The fraction of sp³-hybridized carbons (Fsp3) is 0.280. The van der Waals surface area contributed by atoms with Gasteiger partial charge in [0.1, 0.15) is 24.2 Å². The lowest BCUT2D eigenvalue weighted by atomic mass is 10.1. The Morgan fingerprint density at radius 2 is 2.00 bits per heavy atom. The Kier molecular flexibility index (Phi) is 6.52. The maximum absolute atomic E-state index is 13.1. The van der Waals surface area contributed by atoms with Gasteiger partial charge in [0.05, 0.1) is 5.69 Å². The van der Waals surface area contributed by atoms with Gasteiger partial charge in [-0.3, -0.25) is 20.2 Å². The monoisotopic (exact) mass is 473 g/mol. The zero-order valence-corrected chi connectivity index (χ0v) is 20.7. The van der Waals surface area contributed by atoms with Crippen LogP contribution in [0.25, 0.3) is 0 Å². The quantitative estimate of drug-likeness (QED) is 0.448. The number of fused-ring (bicyclic) bond motifs is 1. The van der Waals surface area contributed by atoms with Crippen LogP contribution in [0.1, 0.15) is 27.6 Å². The summed E-state index contributed by atoms with van der Waals surface area (Å²) in [6, 6.07) is 14.4. The molecule has 1 atom stereocenters. The number of carbonyl (C=O) groups is 2. The van der Waals surface area contributed by atoms with Crippen molar-refractivity contribution in [2.24, 2.45) is 0 Å². The van der Waals surface area contributed by atoms with Crippen LogP contribution in [0, 0.1) is 11.5 Å². The van der Waals surface area contributed by atoms with Crippen molar-refractivity contribution in [3.8, 4) is 17.2 Å². The maximum Gasteiger partial charge on any atom is 0.291 e. The molecule has 4 rings (SSSR count). The molecule has 0 saturated carbocycles. The highest BCUT2D eigenvalue weighted by molar-refractivity contribution is 6.83. The number of benzene rings is 2. The molecule has 0 saturated heterocycles. The molecule has 1 aromatic heterocycles. The van der Waals surface area contributed by atoms with Crippen LogP contribution in [0.5, 0.6) is 5.75 Å². The van der Waals surface area contributed by atoms with Gasteiger partial charge in [-0.1, -0.05) is 38.4 Å². The minimum absolute atomic E-state index is 0.00311. The summed E-state index contributed by atoms with van der Waals surface area (Å²) in [7, 11) is 0.129. The van der Waals surface area contributed by atoms with Crippen LogP contribution in [0.4, 0.5) is 5.69 Å². The SMILES string of the molecule is CN1C(=O)C(NC(=O)c2n[nH]c(Cc3ccccc3)n2)COc2ccc(C#C[Si-](C)(C)C)cc21. The second-order valence-electron chi connectivity index (χ2n) is 9.18. The molecule has 0 aliphatic carbocycles. The first-order chi connectivity index (χ1) is 16.2. The average molecular weight is 474 g/mol. The lowest BCUT2D eigenvalue weighted by Gasteiger charge is -2.20. The summed E-state index contributed by atoms with van der Waals surface area (Å²) in [5, 5.41) is 9.50. The third kappa shape index (κ3) is 5.53. The summed E-state index contributed by atoms with van der Waals surface area (Å²) >= 11 is 0. The number of likely N-dealkylation sites (N-methyl/N-ethyl adjacent to an activating group) is 1. The Labute approximate surface area is 199 Å². The summed E-state index contributed by atoms with van der Waals surface area (Å²) < 4.78 is 5.86. The Morgan fingerprint density at radius 3 is 2.74 bits per heavy atom. The van der Waals surface area contributed by atoms with E-state index in [9.17, 15) is 9.59 Å². The Hall–Kier alpha value is -3.90. The molecule has 2 N–H and O–H groups in total. The number of hydrogen-bond donors (Lipinski definition) is 2. The van der Waals surface area contributed by atoms with Crippen molar-refractivity contribution in [3.05, 3.63) is 71.3 Å². The van der Waals surface area contributed by atoms with Crippen LogP contribution in [-0.4, -0.2) is 54.8 Å². The number of aromatic amines is 1. The molecule has 0 fully saturated rings. The van der Waals surface area contributed by atoms with Gasteiger partial charge >= 0.3 is 0 Å². The van der Waals surface area contributed by atoms with Crippen molar-refractivity contribution in [3.63, 3.8) is 0 Å². The number of hydrogen-bond acceptors (Lipinski definition) is 5. The summed E-state index contributed by atoms with van der Waals surface area (Å²) in [6.07, 6.45) is 0.521. The Bertz CT molecular complexity index is 1270. The van der Waals surface area contributed by atoms with E-state index in [1.807, 2.05) is 48.5 Å². The molecule has 2 heterocycles. The number of carbonyl (C=O) groups excluding carboxylic acids is 2. The van der Waals surface area contributed by atoms with E-state index in [0.717, 1.165) is 11.1 Å². The van der Waals surface area contributed by atoms with Crippen LogP contribution in [0.3, 0.4) is 0 Å². The van der Waals surface area contributed by atoms with Crippen LogP contribution in [0.15, 0.2) is 48.5 Å². The zero-order valence-electron chi connectivity index (χ0n) is 19.7. The number of nitrogens with one attached hydrogen (secondary N) is 2. The molecule has 0 radical (unpaired) electrons. The Morgan fingerprint density at radius 1 is 1.24 bits per heavy atom. The third-order valence-electron chi connectivity index (χ3n) is 5.19. The number of rotatable bonds is 4. The molecular weight excluding hydrogens is 446 g/mol. The normalized spacial score (nSPS) is 15.5. The first kappa shape index (κ1) is 23.3. The molecule has 0 bridgehead atoms. The van der Waals surface area contributed by atoms with Gasteiger partial charge in [-0.25, -0.2) is 4.98 Å². The Balaban J connectivity index is 1.46. The van der Waals surface area contributed by atoms with Gasteiger partial charge in [0.15, 0.2) is 0 Å². The highest BCUT2D eigenvalue weighted by Crippen LogP contribution is 2.31. The summed E-state index contributed by atoms with van der Waals surface area (Å²) in [5.41, 5.74) is 5.81. The fourth-order valence-corrected chi connectivity index (χ4v) is 3.95. The van der Waals surface area contributed by atoms with E-state index in [1.165, 1.54) is 4.90 Å². The van der Waals surface area contributed by atoms with Crippen molar-refractivity contribution < 1.29 is 14.3 Å². The first-order valence-corrected chi connectivity index (χ1v) is 14.5. The van der Waals surface area contributed by atoms with Crippen LogP contribution < -0.4 is 15.0 Å². The highest BCUT2D eigenvalue weighted by Gasteiger charge is 2.31. The van der Waals surface area contributed by atoms with E-state index in [0.29, 0.717) is 23.7 Å². The number of anilines is 1. The second-order valence-corrected chi connectivity index (χ2v) is 13.9. The molecule has 1 aliphatic heterocycles.